The molecule has 0 amide bonds. The normalized spacial score (nSPS) is 19.1. The number of carbonyl (C=O) groups excluding carboxylic acids is 1. The van der Waals surface area contributed by atoms with Crippen molar-refractivity contribution in [3.63, 3.8) is 0 Å². The molecule has 132 valence electrons. The maximum absolute atomic E-state index is 12.7. The summed E-state index contributed by atoms with van der Waals surface area (Å²) >= 11 is 19.0. The lowest BCUT2D eigenvalue weighted by Gasteiger charge is -2.21. The number of halogens is 3. The summed E-state index contributed by atoms with van der Waals surface area (Å²) in [4.78, 5) is 18.1. The van der Waals surface area contributed by atoms with Gasteiger partial charge in [0.15, 0.2) is 11.5 Å². The number of hydrogen-bond donors (Lipinski definition) is 0. The van der Waals surface area contributed by atoms with Gasteiger partial charge in [0, 0.05) is 5.56 Å². The van der Waals surface area contributed by atoms with Gasteiger partial charge in [0.1, 0.15) is 16.5 Å². The molecule has 0 bridgehead atoms. The third kappa shape index (κ3) is 4.18. The Morgan fingerprint density at radius 2 is 1.77 bits per heavy atom. The van der Waals surface area contributed by atoms with Crippen LogP contribution in [0.25, 0.3) is 0 Å². The van der Waals surface area contributed by atoms with Gasteiger partial charge in [0.2, 0.25) is 0 Å². The summed E-state index contributed by atoms with van der Waals surface area (Å²) in [6, 6.07) is 15.9. The number of nitrogens with zero attached hydrogens (tertiary/aromatic N) is 1. The molecule has 0 N–H and O–H groups in total. The van der Waals surface area contributed by atoms with Crippen LogP contribution in [0.1, 0.15) is 10.4 Å². The van der Waals surface area contributed by atoms with Gasteiger partial charge in [-0.25, -0.2) is 0 Å². The zero-order chi connectivity index (χ0) is 18.5. The van der Waals surface area contributed by atoms with Crippen LogP contribution in [0.3, 0.4) is 0 Å². The molecule has 2 aromatic carbocycles. The van der Waals surface area contributed by atoms with Crippen LogP contribution < -0.4 is 4.84 Å². The largest absolute Gasteiger partial charge is 0.357 e. The van der Waals surface area contributed by atoms with Crippen molar-refractivity contribution in [2.75, 3.05) is 0 Å². The number of Topliss-reactive ketones (excluding diaryl/α,β-unsaturated/α-hetero) is 1. The van der Waals surface area contributed by atoms with Gasteiger partial charge in [-0.2, -0.15) is 0 Å². The van der Waals surface area contributed by atoms with Gasteiger partial charge < -0.3 is 4.84 Å². The average molecular weight is 407 g/mol. The highest BCUT2D eigenvalue weighted by Gasteiger charge is 2.31. The Bertz CT molecular complexity index is 891. The van der Waals surface area contributed by atoms with E-state index in [0.717, 1.165) is 0 Å². The van der Waals surface area contributed by atoms with E-state index in [9.17, 15) is 4.79 Å². The molecule has 0 heterocycles. The zero-order valence-electron chi connectivity index (χ0n) is 13.5. The lowest BCUT2D eigenvalue weighted by molar-refractivity contribution is 0.0996. The van der Waals surface area contributed by atoms with E-state index >= 15 is 0 Å². The Morgan fingerprint density at radius 1 is 1.08 bits per heavy atom. The van der Waals surface area contributed by atoms with Gasteiger partial charge in [-0.15, -0.1) is 23.2 Å². The Balaban J connectivity index is 1.78. The SMILES string of the molecule is O=C(c1ccccc1Cl)C(Cl)C1=CC=CC(=NOc2ccccc2)C1Cl. The summed E-state index contributed by atoms with van der Waals surface area (Å²) < 4.78 is 0. The number of alkyl halides is 2. The molecule has 0 fully saturated rings. The lowest BCUT2D eigenvalue weighted by Crippen LogP contribution is -2.29. The minimum absolute atomic E-state index is 0.312. The van der Waals surface area contributed by atoms with Crippen molar-refractivity contribution in [2.45, 2.75) is 10.8 Å². The maximum atomic E-state index is 12.7. The fourth-order valence-electron chi connectivity index (χ4n) is 2.42. The molecule has 0 saturated heterocycles. The van der Waals surface area contributed by atoms with Crippen LogP contribution in [0.5, 0.6) is 5.75 Å². The first-order valence-corrected chi connectivity index (χ1v) is 9.08. The molecule has 1 aliphatic carbocycles. The molecule has 0 saturated carbocycles. The average Bonchev–Trinajstić information content (AvgIpc) is 2.67. The van der Waals surface area contributed by atoms with E-state index in [1.807, 2.05) is 18.2 Å². The van der Waals surface area contributed by atoms with Gasteiger partial charge in [0.25, 0.3) is 0 Å². The summed E-state index contributed by atoms with van der Waals surface area (Å²) in [5, 5.41) is 2.79. The van der Waals surface area contributed by atoms with Crippen molar-refractivity contribution >= 4 is 46.3 Å². The second kappa shape index (κ2) is 8.54. The van der Waals surface area contributed by atoms with Crippen LogP contribution in [0.2, 0.25) is 5.02 Å². The van der Waals surface area contributed by atoms with E-state index in [4.69, 9.17) is 39.6 Å². The van der Waals surface area contributed by atoms with E-state index in [-0.39, 0.29) is 5.78 Å². The zero-order valence-corrected chi connectivity index (χ0v) is 15.7. The molecule has 3 nitrogen and oxygen atoms in total. The van der Waals surface area contributed by atoms with E-state index in [1.54, 1.807) is 54.6 Å². The molecule has 2 aromatic rings. The number of oxime groups is 1. The standard InChI is InChI=1S/C20H14Cl3NO2/c21-16-11-5-4-9-14(16)20(25)19(23)15-10-6-12-17(18(15)22)24-26-13-7-2-1-3-8-13/h1-12,18-19H. The summed E-state index contributed by atoms with van der Waals surface area (Å²) in [7, 11) is 0. The van der Waals surface area contributed by atoms with E-state index in [0.29, 0.717) is 27.6 Å². The highest BCUT2D eigenvalue weighted by Crippen LogP contribution is 2.28. The Morgan fingerprint density at radius 3 is 2.50 bits per heavy atom. The molecule has 2 atom stereocenters. The number of para-hydroxylation sites is 1. The third-order valence-corrected chi connectivity index (χ3v) is 5.03. The molecule has 26 heavy (non-hydrogen) atoms. The number of allylic oxidation sites excluding steroid dienone is 4. The van der Waals surface area contributed by atoms with Crippen LogP contribution in [-0.2, 0) is 0 Å². The van der Waals surface area contributed by atoms with Gasteiger partial charge >= 0.3 is 0 Å². The van der Waals surface area contributed by atoms with Crippen molar-refractivity contribution < 1.29 is 9.63 Å². The van der Waals surface area contributed by atoms with Crippen molar-refractivity contribution in [3.05, 3.63) is 89.0 Å². The van der Waals surface area contributed by atoms with Crippen molar-refractivity contribution in [2.24, 2.45) is 5.16 Å². The molecule has 3 rings (SSSR count). The molecule has 2 unspecified atom stereocenters. The van der Waals surface area contributed by atoms with Gasteiger partial charge in [-0.05, 0) is 35.9 Å². The van der Waals surface area contributed by atoms with Crippen LogP contribution in [0, 0.1) is 0 Å². The number of hydrogen-bond acceptors (Lipinski definition) is 3. The molecule has 0 aromatic heterocycles. The van der Waals surface area contributed by atoms with Gasteiger partial charge in [0.05, 0.1) is 5.02 Å². The summed E-state index contributed by atoms with van der Waals surface area (Å²) in [5.74, 6) is 0.274. The molecular weight excluding hydrogens is 393 g/mol. The predicted molar refractivity (Wildman–Crippen MR) is 107 cm³/mol. The van der Waals surface area contributed by atoms with Crippen LogP contribution in [0.4, 0.5) is 0 Å². The molecule has 0 radical (unpaired) electrons. The Hall–Kier alpha value is -2.07. The monoisotopic (exact) mass is 405 g/mol. The van der Waals surface area contributed by atoms with E-state index < -0.39 is 10.8 Å². The van der Waals surface area contributed by atoms with Crippen molar-refractivity contribution in [3.8, 4) is 5.75 Å². The molecule has 1 aliphatic rings. The van der Waals surface area contributed by atoms with Crippen LogP contribution in [-0.4, -0.2) is 22.2 Å². The lowest BCUT2D eigenvalue weighted by atomic mass is 9.95. The second-order valence-electron chi connectivity index (χ2n) is 5.52. The highest BCUT2D eigenvalue weighted by molar-refractivity contribution is 6.43. The van der Waals surface area contributed by atoms with Crippen molar-refractivity contribution in [1.82, 2.24) is 0 Å². The number of ketones is 1. The maximum Gasteiger partial charge on any atom is 0.186 e. The smallest absolute Gasteiger partial charge is 0.186 e. The second-order valence-corrected chi connectivity index (χ2v) is 6.80. The molecule has 0 aliphatic heterocycles. The van der Waals surface area contributed by atoms with Gasteiger partial charge in [-0.3, -0.25) is 4.79 Å². The number of benzene rings is 2. The first kappa shape index (κ1) is 18.7. The number of rotatable bonds is 5. The minimum atomic E-state index is -0.954. The first-order chi connectivity index (χ1) is 12.6. The fourth-order valence-corrected chi connectivity index (χ4v) is 3.34. The predicted octanol–water partition coefficient (Wildman–Crippen LogP) is 5.67. The van der Waals surface area contributed by atoms with Gasteiger partial charge in [-0.1, -0.05) is 59.2 Å². The Kier molecular flexibility index (Phi) is 6.15. The van der Waals surface area contributed by atoms with E-state index in [2.05, 4.69) is 5.16 Å². The highest BCUT2D eigenvalue weighted by atomic mass is 35.5. The minimum Gasteiger partial charge on any atom is -0.357 e. The summed E-state index contributed by atoms with van der Waals surface area (Å²) in [6.45, 7) is 0. The first-order valence-electron chi connectivity index (χ1n) is 7.83. The summed E-state index contributed by atoms with van der Waals surface area (Å²) in [5.41, 5.74) is 1.34. The summed E-state index contributed by atoms with van der Waals surface area (Å²) in [6.07, 6.45) is 5.16. The van der Waals surface area contributed by atoms with Crippen molar-refractivity contribution in [1.29, 1.82) is 0 Å². The quantitative estimate of drug-likeness (QED) is 0.364. The Labute approximate surface area is 166 Å². The molecule has 0 spiro atoms. The molecular formula is C20H14Cl3NO2. The van der Waals surface area contributed by atoms with Crippen LogP contribution in [0.15, 0.2) is 83.6 Å². The number of carbonyl (C=O) groups is 1. The molecule has 6 heteroatoms. The van der Waals surface area contributed by atoms with Crippen LogP contribution >= 0.6 is 34.8 Å². The topological polar surface area (TPSA) is 38.7 Å². The fraction of sp³-hybridized carbons (Fsp3) is 0.100. The van der Waals surface area contributed by atoms with E-state index in [1.165, 1.54) is 0 Å². The third-order valence-electron chi connectivity index (χ3n) is 3.77.